The number of fused-ring (bicyclic) bond motifs is 1. The highest BCUT2D eigenvalue weighted by Gasteiger charge is 2.22. The van der Waals surface area contributed by atoms with Crippen LogP contribution < -0.4 is 14.0 Å². The predicted molar refractivity (Wildman–Crippen MR) is 66.3 cm³/mol. The van der Waals surface area contributed by atoms with Crippen LogP contribution in [0, 0.1) is 6.92 Å². The molecular weight excluding hydrogens is 234 g/mol. The van der Waals surface area contributed by atoms with E-state index in [0.29, 0.717) is 22.1 Å². The Labute approximate surface area is 105 Å². The lowest BCUT2D eigenvalue weighted by atomic mass is 10.0. The minimum Gasteiger partial charge on any atom is -0.507 e. The van der Waals surface area contributed by atoms with Gasteiger partial charge in [-0.1, -0.05) is 0 Å². The fraction of sp³-hybridized carbons (Fsp3) is 0.308. The van der Waals surface area contributed by atoms with Gasteiger partial charge in [-0.3, -0.25) is 0 Å². The minimum absolute atomic E-state index is 0.00250. The molecule has 2 N–H and O–H groups in total. The first-order chi connectivity index (χ1) is 8.51. The third kappa shape index (κ3) is 1.59. The lowest BCUT2D eigenvalue weighted by molar-refractivity contribution is -0.670. The van der Waals surface area contributed by atoms with E-state index < -0.39 is 0 Å². The molecule has 0 radical (unpaired) electrons. The highest BCUT2D eigenvalue weighted by molar-refractivity contribution is 5.99. The molecule has 0 aliphatic carbocycles. The van der Waals surface area contributed by atoms with Crippen LogP contribution in [-0.4, -0.2) is 24.4 Å². The van der Waals surface area contributed by atoms with Crippen molar-refractivity contribution in [1.82, 2.24) is 0 Å². The molecule has 18 heavy (non-hydrogen) atoms. The van der Waals surface area contributed by atoms with Crippen LogP contribution in [0.15, 0.2) is 12.4 Å². The maximum atomic E-state index is 10.2. The summed E-state index contributed by atoms with van der Waals surface area (Å²) in [7, 11) is 4.78. The van der Waals surface area contributed by atoms with Gasteiger partial charge in [0.2, 0.25) is 6.20 Å². The Morgan fingerprint density at radius 3 is 2.28 bits per heavy atom. The van der Waals surface area contributed by atoms with Crippen LogP contribution in [-0.2, 0) is 7.05 Å². The van der Waals surface area contributed by atoms with Crippen LogP contribution in [0.1, 0.15) is 5.56 Å². The van der Waals surface area contributed by atoms with E-state index in [-0.39, 0.29) is 17.2 Å². The Balaban J connectivity index is 3.02. The van der Waals surface area contributed by atoms with E-state index in [1.54, 1.807) is 23.9 Å². The summed E-state index contributed by atoms with van der Waals surface area (Å²) < 4.78 is 12.1. The molecule has 2 aromatic rings. The van der Waals surface area contributed by atoms with Crippen LogP contribution in [0.5, 0.6) is 23.0 Å². The van der Waals surface area contributed by atoms with Gasteiger partial charge in [0, 0.05) is 5.56 Å². The number of methoxy groups -OCH3 is 2. The van der Waals surface area contributed by atoms with E-state index in [1.165, 1.54) is 14.2 Å². The van der Waals surface area contributed by atoms with Gasteiger partial charge in [-0.15, -0.1) is 0 Å². The Kier molecular flexibility index (Phi) is 2.90. The summed E-state index contributed by atoms with van der Waals surface area (Å²) >= 11 is 0. The average molecular weight is 250 g/mol. The molecule has 0 spiro atoms. The first-order valence-corrected chi connectivity index (χ1v) is 5.46. The fourth-order valence-electron chi connectivity index (χ4n) is 2.11. The second-order valence-electron chi connectivity index (χ2n) is 4.14. The Hall–Kier alpha value is -2.17. The number of hydrogen-bond acceptors (Lipinski definition) is 4. The van der Waals surface area contributed by atoms with Gasteiger partial charge in [-0.05, 0) is 6.92 Å². The van der Waals surface area contributed by atoms with Gasteiger partial charge in [-0.25, -0.2) is 4.57 Å². The number of aryl methyl sites for hydroxylation is 1. The molecule has 0 fully saturated rings. The number of ether oxygens (including phenoxy) is 2. The van der Waals surface area contributed by atoms with E-state index >= 15 is 0 Å². The predicted octanol–water partition coefficient (Wildman–Crippen LogP) is 1.40. The fourth-order valence-corrected chi connectivity index (χ4v) is 2.11. The van der Waals surface area contributed by atoms with Crippen molar-refractivity contribution in [3.05, 3.63) is 18.0 Å². The zero-order chi connectivity index (χ0) is 13.4. The summed E-state index contributed by atoms with van der Waals surface area (Å²) in [5.74, 6) is 0.816. The smallest absolute Gasteiger partial charge is 0.211 e. The van der Waals surface area contributed by atoms with Gasteiger partial charge in [0.05, 0.1) is 25.0 Å². The summed E-state index contributed by atoms with van der Waals surface area (Å²) in [6.07, 6.45) is 3.43. The topological polar surface area (TPSA) is 62.8 Å². The van der Waals surface area contributed by atoms with E-state index in [2.05, 4.69) is 0 Å². The largest absolute Gasteiger partial charge is 0.507 e. The van der Waals surface area contributed by atoms with Gasteiger partial charge in [0.25, 0.3) is 0 Å². The van der Waals surface area contributed by atoms with Gasteiger partial charge < -0.3 is 19.7 Å². The van der Waals surface area contributed by atoms with Crippen LogP contribution >= 0.6 is 0 Å². The summed E-state index contributed by atoms with van der Waals surface area (Å²) in [5.41, 5.74) is 0.481. The summed E-state index contributed by atoms with van der Waals surface area (Å²) in [6, 6.07) is 0. The number of aromatic nitrogens is 1. The Morgan fingerprint density at radius 2 is 1.72 bits per heavy atom. The molecule has 0 saturated carbocycles. The quantitative estimate of drug-likeness (QED) is 0.624. The van der Waals surface area contributed by atoms with E-state index in [1.807, 2.05) is 7.05 Å². The maximum absolute atomic E-state index is 10.2. The second-order valence-corrected chi connectivity index (χ2v) is 4.14. The number of benzene rings is 1. The average Bonchev–Trinajstić information content (AvgIpc) is 2.35. The van der Waals surface area contributed by atoms with Crippen LogP contribution in [0.25, 0.3) is 10.8 Å². The van der Waals surface area contributed by atoms with Crippen molar-refractivity contribution >= 4 is 10.8 Å². The monoisotopic (exact) mass is 250 g/mol. The third-order valence-corrected chi connectivity index (χ3v) is 3.00. The van der Waals surface area contributed by atoms with Crippen molar-refractivity contribution < 1.29 is 24.3 Å². The number of aromatic hydroxyl groups is 2. The number of phenolic OH excluding ortho intramolecular Hbond substituents is 2. The summed E-state index contributed by atoms with van der Waals surface area (Å²) in [4.78, 5) is 0. The van der Waals surface area contributed by atoms with E-state index in [9.17, 15) is 10.2 Å². The highest BCUT2D eigenvalue weighted by Crippen LogP contribution is 2.46. The Morgan fingerprint density at radius 1 is 1.06 bits per heavy atom. The zero-order valence-corrected chi connectivity index (χ0v) is 10.8. The molecule has 1 aromatic carbocycles. The van der Waals surface area contributed by atoms with Crippen molar-refractivity contribution in [1.29, 1.82) is 0 Å². The normalized spacial score (nSPS) is 10.7. The standard InChI is InChI=1S/C13H15NO4/c1-7-11(15)10-8(12(16)13(7)18-4)5-14(2)6-9(10)17-3/h5-6,15H,1-4H3/p+1. The van der Waals surface area contributed by atoms with Crippen molar-refractivity contribution in [3.8, 4) is 23.0 Å². The molecular formula is C13H16NO4+. The first kappa shape index (κ1) is 12.3. The molecule has 0 unspecified atom stereocenters. The van der Waals surface area contributed by atoms with Gasteiger partial charge in [0.15, 0.2) is 23.4 Å². The van der Waals surface area contributed by atoms with Crippen molar-refractivity contribution in [2.75, 3.05) is 14.2 Å². The van der Waals surface area contributed by atoms with Gasteiger partial charge in [0.1, 0.15) is 12.8 Å². The molecule has 2 rings (SSSR count). The van der Waals surface area contributed by atoms with Crippen molar-refractivity contribution in [3.63, 3.8) is 0 Å². The van der Waals surface area contributed by atoms with E-state index in [4.69, 9.17) is 9.47 Å². The van der Waals surface area contributed by atoms with Gasteiger partial charge in [-0.2, -0.15) is 0 Å². The zero-order valence-electron chi connectivity index (χ0n) is 10.8. The first-order valence-electron chi connectivity index (χ1n) is 5.46. The second kappa shape index (κ2) is 4.25. The molecule has 0 amide bonds. The van der Waals surface area contributed by atoms with Crippen LogP contribution in [0.2, 0.25) is 0 Å². The van der Waals surface area contributed by atoms with Crippen molar-refractivity contribution in [2.24, 2.45) is 7.05 Å². The molecule has 96 valence electrons. The van der Waals surface area contributed by atoms with Crippen LogP contribution in [0.3, 0.4) is 0 Å². The molecule has 0 bridgehead atoms. The number of pyridine rings is 1. The molecule has 0 atom stereocenters. The lowest BCUT2D eigenvalue weighted by Gasteiger charge is -2.13. The number of hydrogen-bond donors (Lipinski definition) is 2. The van der Waals surface area contributed by atoms with E-state index in [0.717, 1.165) is 0 Å². The number of rotatable bonds is 2. The molecule has 5 nitrogen and oxygen atoms in total. The Bertz CT molecular complexity index is 622. The summed E-state index contributed by atoms with van der Waals surface area (Å²) in [5, 5.41) is 21.4. The molecule has 5 heteroatoms. The third-order valence-electron chi connectivity index (χ3n) is 3.00. The molecule has 0 aliphatic rings. The minimum atomic E-state index is -0.00250. The summed E-state index contributed by atoms with van der Waals surface area (Å²) in [6.45, 7) is 1.68. The molecule has 0 saturated heterocycles. The molecule has 0 aliphatic heterocycles. The number of phenols is 2. The SMILES string of the molecule is COc1c(C)c(O)c2c(OC)c[n+](C)cc2c1O. The molecule has 1 aromatic heterocycles. The number of nitrogens with zero attached hydrogens (tertiary/aromatic N) is 1. The highest BCUT2D eigenvalue weighted by atomic mass is 16.5. The van der Waals surface area contributed by atoms with Crippen LogP contribution in [0.4, 0.5) is 0 Å². The lowest BCUT2D eigenvalue weighted by Crippen LogP contribution is -2.26. The maximum Gasteiger partial charge on any atom is 0.211 e. The molecule has 1 heterocycles. The van der Waals surface area contributed by atoms with Gasteiger partial charge >= 0.3 is 0 Å². The van der Waals surface area contributed by atoms with Crippen molar-refractivity contribution in [2.45, 2.75) is 6.92 Å².